The van der Waals surface area contributed by atoms with Crippen molar-refractivity contribution >= 4 is 0 Å². The quantitative estimate of drug-likeness (QED) is 0.868. The zero-order valence-corrected chi connectivity index (χ0v) is 11.2. The first kappa shape index (κ1) is 13.4. The molecule has 2 atom stereocenters. The molecule has 1 aliphatic rings. The van der Waals surface area contributed by atoms with E-state index in [-0.39, 0.29) is 0 Å². The van der Waals surface area contributed by atoms with Crippen molar-refractivity contribution in [2.45, 2.75) is 37.8 Å². The van der Waals surface area contributed by atoms with Crippen LogP contribution in [0.2, 0.25) is 0 Å². The Morgan fingerprint density at radius 3 is 2.67 bits per heavy atom. The molecule has 0 radical (unpaired) electrons. The standard InChI is InChI=1S/C15H24N2O/c1-17(15-10-6-5-9-14(15)16)11-12-18-13-7-3-2-4-8-13/h2-4,7-8,14-15H,5-6,9-12,16H2,1H3. The molecule has 1 aromatic rings. The smallest absolute Gasteiger partial charge is 0.119 e. The Morgan fingerprint density at radius 2 is 1.94 bits per heavy atom. The Hall–Kier alpha value is -1.06. The van der Waals surface area contributed by atoms with Gasteiger partial charge in [0.05, 0.1) is 0 Å². The summed E-state index contributed by atoms with van der Waals surface area (Å²) < 4.78 is 5.72. The van der Waals surface area contributed by atoms with E-state index in [0.717, 1.165) is 25.3 Å². The monoisotopic (exact) mass is 248 g/mol. The summed E-state index contributed by atoms with van der Waals surface area (Å²) in [6.07, 6.45) is 4.98. The lowest BCUT2D eigenvalue weighted by molar-refractivity contribution is 0.144. The second-order valence-electron chi connectivity index (χ2n) is 5.16. The van der Waals surface area contributed by atoms with Crippen LogP contribution in [-0.2, 0) is 0 Å². The SMILES string of the molecule is CN(CCOc1ccccc1)C1CCCCC1N. The van der Waals surface area contributed by atoms with Crippen LogP contribution in [0, 0.1) is 0 Å². The topological polar surface area (TPSA) is 38.5 Å². The van der Waals surface area contributed by atoms with Crippen LogP contribution in [0.25, 0.3) is 0 Å². The summed E-state index contributed by atoms with van der Waals surface area (Å²) in [5, 5.41) is 0. The lowest BCUT2D eigenvalue weighted by atomic mass is 9.90. The zero-order valence-electron chi connectivity index (χ0n) is 11.2. The number of ether oxygens (including phenoxy) is 1. The highest BCUT2D eigenvalue weighted by Crippen LogP contribution is 2.20. The number of nitrogens with two attached hydrogens (primary N) is 1. The van der Waals surface area contributed by atoms with Gasteiger partial charge in [0.25, 0.3) is 0 Å². The maximum Gasteiger partial charge on any atom is 0.119 e. The Bertz CT molecular complexity index is 342. The third-order valence-corrected chi connectivity index (χ3v) is 3.80. The maximum atomic E-state index is 6.18. The van der Waals surface area contributed by atoms with Crippen molar-refractivity contribution in [2.24, 2.45) is 5.73 Å². The van der Waals surface area contributed by atoms with Crippen molar-refractivity contribution in [1.29, 1.82) is 0 Å². The molecule has 1 fully saturated rings. The molecule has 2 unspecified atom stereocenters. The Morgan fingerprint density at radius 1 is 1.22 bits per heavy atom. The molecule has 18 heavy (non-hydrogen) atoms. The van der Waals surface area contributed by atoms with Gasteiger partial charge in [0.1, 0.15) is 12.4 Å². The van der Waals surface area contributed by atoms with E-state index in [1.165, 1.54) is 19.3 Å². The van der Waals surface area contributed by atoms with Gasteiger partial charge in [-0.2, -0.15) is 0 Å². The number of para-hydroxylation sites is 1. The number of likely N-dealkylation sites (N-methyl/N-ethyl adjacent to an activating group) is 1. The highest BCUT2D eigenvalue weighted by molar-refractivity contribution is 5.20. The summed E-state index contributed by atoms with van der Waals surface area (Å²) in [5.41, 5.74) is 6.18. The van der Waals surface area contributed by atoms with Gasteiger partial charge in [0.2, 0.25) is 0 Å². The molecular formula is C15H24N2O. The fraction of sp³-hybridized carbons (Fsp3) is 0.600. The third-order valence-electron chi connectivity index (χ3n) is 3.80. The fourth-order valence-electron chi connectivity index (χ4n) is 2.68. The predicted octanol–water partition coefficient (Wildman–Crippen LogP) is 2.27. The average Bonchev–Trinajstić information content (AvgIpc) is 2.40. The van der Waals surface area contributed by atoms with Gasteiger partial charge < -0.3 is 10.5 Å². The molecule has 0 aliphatic heterocycles. The van der Waals surface area contributed by atoms with Gasteiger partial charge in [0.15, 0.2) is 0 Å². The molecule has 1 aliphatic carbocycles. The zero-order chi connectivity index (χ0) is 12.8. The lowest BCUT2D eigenvalue weighted by Gasteiger charge is -2.35. The first-order valence-corrected chi connectivity index (χ1v) is 6.91. The van der Waals surface area contributed by atoms with Crippen LogP contribution in [0.3, 0.4) is 0 Å². The van der Waals surface area contributed by atoms with Gasteiger partial charge in [-0.1, -0.05) is 31.0 Å². The van der Waals surface area contributed by atoms with E-state index >= 15 is 0 Å². The van der Waals surface area contributed by atoms with Crippen molar-refractivity contribution in [2.75, 3.05) is 20.2 Å². The van der Waals surface area contributed by atoms with E-state index in [1.54, 1.807) is 0 Å². The Labute approximate surface area is 110 Å². The molecule has 2 rings (SSSR count). The summed E-state index contributed by atoms with van der Waals surface area (Å²) in [7, 11) is 2.16. The number of benzene rings is 1. The summed E-state index contributed by atoms with van der Waals surface area (Å²) >= 11 is 0. The van der Waals surface area contributed by atoms with E-state index in [1.807, 2.05) is 30.3 Å². The van der Waals surface area contributed by atoms with Crippen LogP contribution in [0.15, 0.2) is 30.3 Å². The minimum absolute atomic E-state index is 0.334. The fourth-order valence-corrected chi connectivity index (χ4v) is 2.68. The lowest BCUT2D eigenvalue weighted by Crippen LogP contribution is -2.48. The third kappa shape index (κ3) is 3.72. The second kappa shape index (κ2) is 6.76. The van der Waals surface area contributed by atoms with Crippen molar-refractivity contribution in [3.8, 4) is 5.75 Å². The van der Waals surface area contributed by atoms with Gasteiger partial charge in [-0.05, 0) is 32.0 Å². The molecule has 2 N–H and O–H groups in total. The van der Waals surface area contributed by atoms with Crippen LogP contribution in [-0.4, -0.2) is 37.2 Å². The van der Waals surface area contributed by atoms with Crippen LogP contribution in [0.5, 0.6) is 5.75 Å². The Kier molecular flexibility index (Phi) is 5.02. The van der Waals surface area contributed by atoms with Gasteiger partial charge >= 0.3 is 0 Å². The number of hydrogen-bond donors (Lipinski definition) is 1. The van der Waals surface area contributed by atoms with Crippen molar-refractivity contribution < 1.29 is 4.74 Å². The largest absolute Gasteiger partial charge is 0.492 e. The van der Waals surface area contributed by atoms with E-state index in [4.69, 9.17) is 10.5 Å². The maximum absolute atomic E-state index is 6.18. The minimum Gasteiger partial charge on any atom is -0.492 e. The molecule has 1 saturated carbocycles. The van der Waals surface area contributed by atoms with Crippen molar-refractivity contribution in [3.63, 3.8) is 0 Å². The van der Waals surface area contributed by atoms with E-state index < -0.39 is 0 Å². The molecule has 3 nitrogen and oxygen atoms in total. The molecular weight excluding hydrogens is 224 g/mol. The molecule has 0 heterocycles. The average molecular weight is 248 g/mol. The normalized spacial score (nSPS) is 24.2. The molecule has 0 bridgehead atoms. The molecule has 100 valence electrons. The summed E-state index contributed by atoms with van der Waals surface area (Å²) in [6.45, 7) is 1.66. The summed E-state index contributed by atoms with van der Waals surface area (Å²) in [6, 6.07) is 10.8. The van der Waals surface area contributed by atoms with E-state index in [2.05, 4.69) is 11.9 Å². The molecule has 3 heteroatoms. The van der Waals surface area contributed by atoms with Crippen LogP contribution < -0.4 is 10.5 Å². The highest BCUT2D eigenvalue weighted by Gasteiger charge is 2.24. The van der Waals surface area contributed by atoms with Crippen LogP contribution >= 0.6 is 0 Å². The van der Waals surface area contributed by atoms with Gasteiger partial charge in [-0.3, -0.25) is 4.90 Å². The number of hydrogen-bond acceptors (Lipinski definition) is 3. The first-order chi connectivity index (χ1) is 8.77. The minimum atomic E-state index is 0.334. The van der Waals surface area contributed by atoms with E-state index in [0.29, 0.717) is 12.1 Å². The summed E-state index contributed by atoms with van der Waals surface area (Å²) in [4.78, 5) is 2.35. The van der Waals surface area contributed by atoms with Gasteiger partial charge in [-0.15, -0.1) is 0 Å². The second-order valence-corrected chi connectivity index (χ2v) is 5.16. The van der Waals surface area contributed by atoms with Gasteiger partial charge in [0, 0.05) is 18.6 Å². The molecule has 0 saturated heterocycles. The summed E-state index contributed by atoms with van der Waals surface area (Å²) in [5.74, 6) is 0.943. The molecule has 0 amide bonds. The molecule has 0 aromatic heterocycles. The van der Waals surface area contributed by atoms with E-state index in [9.17, 15) is 0 Å². The highest BCUT2D eigenvalue weighted by atomic mass is 16.5. The van der Waals surface area contributed by atoms with Crippen molar-refractivity contribution in [1.82, 2.24) is 4.90 Å². The molecule has 0 spiro atoms. The Balaban J connectivity index is 1.72. The predicted molar refractivity (Wildman–Crippen MR) is 74.8 cm³/mol. The molecule has 1 aromatic carbocycles. The first-order valence-electron chi connectivity index (χ1n) is 6.91. The number of nitrogens with zero attached hydrogens (tertiary/aromatic N) is 1. The van der Waals surface area contributed by atoms with Crippen LogP contribution in [0.1, 0.15) is 25.7 Å². The van der Waals surface area contributed by atoms with Gasteiger partial charge in [-0.25, -0.2) is 0 Å². The van der Waals surface area contributed by atoms with Crippen LogP contribution in [0.4, 0.5) is 0 Å². The van der Waals surface area contributed by atoms with Crippen molar-refractivity contribution in [3.05, 3.63) is 30.3 Å². The number of rotatable bonds is 5.